The van der Waals surface area contributed by atoms with Gasteiger partial charge in [-0.05, 0) is 44.4 Å². The van der Waals surface area contributed by atoms with E-state index in [1.807, 2.05) is 9.47 Å². The average molecular weight is 426 g/mol. The first-order valence-corrected chi connectivity index (χ1v) is 10.6. The summed E-state index contributed by atoms with van der Waals surface area (Å²) in [6, 6.07) is 2.02. The van der Waals surface area contributed by atoms with Gasteiger partial charge in [-0.25, -0.2) is 4.39 Å². The topological polar surface area (TPSA) is 97.5 Å². The van der Waals surface area contributed by atoms with E-state index in [2.05, 4.69) is 11.4 Å². The van der Waals surface area contributed by atoms with Gasteiger partial charge in [0.15, 0.2) is 0 Å². The van der Waals surface area contributed by atoms with Gasteiger partial charge in [0, 0.05) is 41.9 Å². The molecule has 3 aliphatic rings. The third kappa shape index (κ3) is 3.33. The zero-order chi connectivity index (χ0) is 21.9. The van der Waals surface area contributed by atoms with Crippen LogP contribution in [0.2, 0.25) is 0 Å². The minimum atomic E-state index is -0.956. The monoisotopic (exact) mass is 426 g/mol. The molecule has 0 bridgehead atoms. The summed E-state index contributed by atoms with van der Waals surface area (Å²) < 4.78 is 17.3. The number of nitrogens with zero attached hydrogens (tertiary/aromatic N) is 3. The van der Waals surface area contributed by atoms with E-state index in [1.165, 1.54) is 11.8 Å². The lowest BCUT2D eigenvalue weighted by molar-refractivity contribution is -0.465. The summed E-state index contributed by atoms with van der Waals surface area (Å²) in [4.78, 5) is 37.5. The first kappa shape index (κ1) is 19.9. The molecule has 1 saturated heterocycles. The lowest BCUT2D eigenvalue weighted by atomic mass is 10.0. The van der Waals surface area contributed by atoms with Gasteiger partial charge in [0.05, 0.1) is 22.2 Å². The van der Waals surface area contributed by atoms with Gasteiger partial charge >= 0.3 is 0 Å². The second-order valence-corrected chi connectivity index (χ2v) is 8.61. The van der Waals surface area contributed by atoms with Crippen LogP contribution in [0.4, 0.5) is 10.1 Å². The zero-order valence-corrected chi connectivity index (χ0v) is 17.2. The first-order valence-electron chi connectivity index (χ1n) is 10.6. The predicted molar refractivity (Wildman–Crippen MR) is 114 cm³/mol. The summed E-state index contributed by atoms with van der Waals surface area (Å²) >= 11 is 0. The van der Waals surface area contributed by atoms with Crippen molar-refractivity contribution in [2.24, 2.45) is 0 Å². The highest BCUT2D eigenvalue weighted by Gasteiger charge is 2.33. The molecule has 2 aromatic rings. The Morgan fingerprint density at radius 1 is 1.39 bits per heavy atom. The van der Waals surface area contributed by atoms with Gasteiger partial charge in [-0.1, -0.05) is 6.08 Å². The summed E-state index contributed by atoms with van der Waals surface area (Å²) in [5, 5.41) is 14.4. The Labute approximate surface area is 177 Å². The van der Waals surface area contributed by atoms with Gasteiger partial charge in [0.25, 0.3) is 6.54 Å². The van der Waals surface area contributed by atoms with E-state index in [0.29, 0.717) is 24.3 Å². The van der Waals surface area contributed by atoms with Crippen molar-refractivity contribution < 1.29 is 14.1 Å². The Morgan fingerprint density at radius 3 is 2.84 bits per heavy atom. The van der Waals surface area contributed by atoms with Gasteiger partial charge < -0.3 is 14.8 Å². The third-order valence-corrected chi connectivity index (χ3v) is 6.50. The molecule has 1 aromatic carbocycles. The number of ketones is 1. The van der Waals surface area contributed by atoms with Crippen molar-refractivity contribution in [3.8, 4) is 0 Å². The lowest BCUT2D eigenvalue weighted by Crippen LogP contribution is -2.36. The normalized spacial score (nSPS) is 20.6. The molecule has 2 fully saturated rings. The highest BCUT2D eigenvalue weighted by Crippen LogP contribution is 2.39. The number of carbonyl (C=O) groups excluding carboxylic acids is 1. The van der Waals surface area contributed by atoms with Crippen LogP contribution < -0.4 is 15.6 Å². The van der Waals surface area contributed by atoms with E-state index in [0.717, 1.165) is 25.8 Å². The molecule has 162 valence electrons. The average Bonchev–Trinajstić information content (AvgIpc) is 3.47. The van der Waals surface area contributed by atoms with Crippen LogP contribution in [0.3, 0.4) is 0 Å². The van der Waals surface area contributed by atoms with Crippen molar-refractivity contribution in [3.05, 3.63) is 61.2 Å². The van der Waals surface area contributed by atoms with Crippen LogP contribution in [0.25, 0.3) is 10.9 Å². The number of Topliss-reactive ketones (excluding diaryl/α,β-unsaturated/α-hetero) is 1. The SMILES string of the molecule is Cc1c(F)c(N2CC3=CCCNC3C2)cc2c1c(=O)c(C(=O)C[N+](=O)[O-])cn2C1CC1. The number of nitro groups is 1. The first-order chi connectivity index (χ1) is 14.8. The van der Waals surface area contributed by atoms with Crippen LogP contribution in [0.5, 0.6) is 0 Å². The molecule has 0 amide bonds. The number of anilines is 1. The van der Waals surface area contributed by atoms with Gasteiger partial charge in [0.1, 0.15) is 5.82 Å². The van der Waals surface area contributed by atoms with Crippen molar-refractivity contribution in [3.63, 3.8) is 0 Å². The van der Waals surface area contributed by atoms with Crippen LogP contribution in [-0.4, -0.2) is 47.5 Å². The van der Waals surface area contributed by atoms with Crippen LogP contribution in [0, 0.1) is 22.9 Å². The molecule has 31 heavy (non-hydrogen) atoms. The maximum atomic E-state index is 15.5. The van der Waals surface area contributed by atoms with Crippen molar-refractivity contribution in [1.29, 1.82) is 0 Å². The van der Waals surface area contributed by atoms with Crippen molar-refractivity contribution in [2.45, 2.75) is 38.3 Å². The number of benzene rings is 1. The Morgan fingerprint density at radius 2 is 2.16 bits per heavy atom. The van der Waals surface area contributed by atoms with E-state index < -0.39 is 28.5 Å². The largest absolute Gasteiger partial charge is 0.363 e. The number of rotatable bonds is 5. The fraction of sp³-hybridized carbons (Fsp3) is 0.455. The molecule has 0 radical (unpaired) electrons. The fourth-order valence-electron chi connectivity index (χ4n) is 4.77. The molecule has 5 rings (SSSR count). The van der Waals surface area contributed by atoms with Crippen molar-refractivity contribution in [1.82, 2.24) is 9.88 Å². The molecule has 9 heteroatoms. The second-order valence-electron chi connectivity index (χ2n) is 8.61. The highest BCUT2D eigenvalue weighted by atomic mass is 19.1. The molecule has 1 N–H and O–H groups in total. The van der Waals surface area contributed by atoms with Gasteiger partial charge in [0.2, 0.25) is 11.2 Å². The van der Waals surface area contributed by atoms with Crippen LogP contribution in [0.15, 0.2) is 28.7 Å². The molecule has 1 aliphatic carbocycles. The number of fused-ring (bicyclic) bond motifs is 2. The molecule has 0 spiro atoms. The minimum Gasteiger partial charge on any atom is -0.363 e. The van der Waals surface area contributed by atoms with Crippen LogP contribution in [0.1, 0.15) is 41.2 Å². The Kier molecular flexibility index (Phi) is 4.65. The van der Waals surface area contributed by atoms with Crippen molar-refractivity contribution in [2.75, 3.05) is 31.1 Å². The van der Waals surface area contributed by atoms with Crippen LogP contribution >= 0.6 is 0 Å². The Hall–Kier alpha value is -3.07. The predicted octanol–water partition coefficient (Wildman–Crippen LogP) is 2.35. The summed E-state index contributed by atoms with van der Waals surface area (Å²) in [7, 11) is 0. The number of carbonyl (C=O) groups is 1. The summed E-state index contributed by atoms with van der Waals surface area (Å²) in [5.74, 6) is -1.33. The third-order valence-electron chi connectivity index (χ3n) is 6.50. The molecule has 2 aliphatic heterocycles. The minimum absolute atomic E-state index is 0.105. The lowest BCUT2D eigenvalue weighted by Gasteiger charge is -2.23. The van der Waals surface area contributed by atoms with Gasteiger partial charge in [-0.3, -0.25) is 19.7 Å². The molecule has 1 aromatic heterocycles. The molecular formula is C22H23FN4O4. The molecule has 1 saturated carbocycles. The van der Waals surface area contributed by atoms with E-state index >= 15 is 4.39 Å². The number of aromatic nitrogens is 1. The van der Waals surface area contributed by atoms with E-state index in [4.69, 9.17) is 0 Å². The Balaban J connectivity index is 1.67. The molecule has 8 nitrogen and oxygen atoms in total. The second kappa shape index (κ2) is 7.26. The summed E-state index contributed by atoms with van der Waals surface area (Å²) in [6.45, 7) is 2.78. The van der Waals surface area contributed by atoms with Crippen LogP contribution in [-0.2, 0) is 0 Å². The van der Waals surface area contributed by atoms with Crippen molar-refractivity contribution >= 4 is 22.4 Å². The number of hydrogen-bond acceptors (Lipinski definition) is 6. The summed E-state index contributed by atoms with van der Waals surface area (Å²) in [6.07, 6.45) is 6.37. The number of pyridine rings is 1. The van der Waals surface area contributed by atoms with E-state index in [1.54, 1.807) is 13.0 Å². The Bertz CT molecular complexity index is 1210. The number of halogens is 1. The number of aryl methyl sites for hydroxylation is 1. The number of hydrogen-bond donors (Lipinski definition) is 1. The quantitative estimate of drug-likeness (QED) is 0.341. The summed E-state index contributed by atoms with van der Waals surface area (Å²) in [5.41, 5.74) is 1.58. The molecule has 1 unspecified atom stereocenters. The maximum Gasteiger partial charge on any atom is 0.266 e. The smallest absolute Gasteiger partial charge is 0.266 e. The number of nitrogens with one attached hydrogen (secondary N) is 1. The van der Waals surface area contributed by atoms with E-state index in [-0.39, 0.29) is 28.6 Å². The van der Waals surface area contributed by atoms with E-state index in [9.17, 15) is 19.7 Å². The zero-order valence-electron chi connectivity index (χ0n) is 17.2. The fourth-order valence-corrected chi connectivity index (χ4v) is 4.77. The molecular weight excluding hydrogens is 403 g/mol. The highest BCUT2D eigenvalue weighted by molar-refractivity contribution is 6.00. The molecule has 1 atom stereocenters. The van der Waals surface area contributed by atoms with Gasteiger partial charge in [-0.2, -0.15) is 0 Å². The molecule has 3 heterocycles. The maximum absolute atomic E-state index is 15.5. The standard InChI is InChI=1S/C22H23FN4O4/c1-12-20-17(7-18(21(12)23)25-8-13-3-2-6-24-16(13)10-25)26(14-4-5-14)9-15(22(20)29)19(28)11-27(30)31/h3,7,9,14,16,24H,2,4-6,8,10-11H2,1H3. The van der Waals surface area contributed by atoms with Gasteiger partial charge in [-0.15, -0.1) is 0 Å².